The molecule has 5 nitrogen and oxygen atoms in total. The lowest BCUT2D eigenvalue weighted by atomic mass is 10.2. The van der Waals surface area contributed by atoms with Gasteiger partial charge in [0, 0.05) is 19.3 Å². The van der Waals surface area contributed by atoms with E-state index < -0.39 is 11.9 Å². The Morgan fingerprint density at radius 1 is 1.08 bits per heavy atom. The van der Waals surface area contributed by atoms with Crippen LogP contribution in [-0.2, 0) is 16.1 Å². The smallest absolute Gasteiger partial charge is 0.239 e. The van der Waals surface area contributed by atoms with Crippen molar-refractivity contribution in [1.82, 2.24) is 9.80 Å². The van der Waals surface area contributed by atoms with E-state index in [-0.39, 0.29) is 18.4 Å². The van der Waals surface area contributed by atoms with Gasteiger partial charge in [-0.15, -0.1) is 0 Å². The summed E-state index contributed by atoms with van der Waals surface area (Å²) < 4.78 is 13.2. The summed E-state index contributed by atoms with van der Waals surface area (Å²) in [7, 11) is 3.45. The number of nitrogens with zero attached hydrogens (tertiary/aromatic N) is 2. The predicted octanol–water partition coefficient (Wildman–Crippen LogP) is 2.74. The van der Waals surface area contributed by atoms with Crippen LogP contribution in [-0.4, -0.2) is 48.3 Å². The molecule has 1 N–H and O–H groups in total. The molecule has 138 valence electrons. The molecule has 0 saturated heterocycles. The maximum atomic E-state index is 13.2. The van der Waals surface area contributed by atoms with Crippen LogP contribution in [0.2, 0.25) is 0 Å². The third-order valence-corrected chi connectivity index (χ3v) is 4.16. The van der Waals surface area contributed by atoms with Crippen LogP contribution < -0.4 is 5.32 Å². The first kappa shape index (κ1) is 19.6. The van der Waals surface area contributed by atoms with E-state index in [2.05, 4.69) is 5.32 Å². The quantitative estimate of drug-likeness (QED) is 0.829. The number of likely N-dealkylation sites (N-methyl/N-ethyl adjacent to an activating group) is 2. The van der Waals surface area contributed by atoms with Gasteiger partial charge in [-0.05, 0) is 37.7 Å². The van der Waals surface area contributed by atoms with E-state index in [1.165, 1.54) is 18.2 Å². The molecule has 0 bridgehead atoms. The number of nitrogens with one attached hydrogen (secondary N) is 1. The molecule has 2 aromatic carbocycles. The van der Waals surface area contributed by atoms with Crippen LogP contribution in [0.5, 0.6) is 0 Å². The van der Waals surface area contributed by atoms with Crippen molar-refractivity contribution in [2.24, 2.45) is 0 Å². The molecule has 2 rings (SSSR count). The van der Waals surface area contributed by atoms with Crippen LogP contribution in [0.4, 0.5) is 10.1 Å². The molecule has 0 aromatic heterocycles. The van der Waals surface area contributed by atoms with Gasteiger partial charge in [-0.25, -0.2) is 4.39 Å². The molecule has 2 aromatic rings. The minimum Gasteiger partial charge on any atom is -0.340 e. The Kier molecular flexibility index (Phi) is 6.86. The Morgan fingerprint density at radius 3 is 2.42 bits per heavy atom. The maximum absolute atomic E-state index is 13.2. The summed E-state index contributed by atoms with van der Waals surface area (Å²) in [5, 5.41) is 2.63. The molecule has 2 amide bonds. The highest BCUT2D eigenvalue weighted by Crippen LogP contribution is 2.10. The van der Waals surface area contributed by atoms with Gasteiger partial charge in [-0.3, -0.25) is 14.5 Å². The Bertz CT molecular complexity index is 752. The fraction of sp³-hybridized carbons (Fsp3) is 0.300. The lowest BCUT2D eigenvalue weighted by molar-refractivity contribution is -0.135. The first-order valence-electron chi connectivity index (χ1n) is 8.41. The van der Waals surface area contributed by atoms with E-state index in [4.69, 9.17) is 0 Å². The number of carbonyl (C=O) groups excluding carboxylic acids is 2. The van der Waals surface area contributed by atoms with Crippen LogP contribution in [0.3, 0.4) is 0 Å². The number of anilines is 1. The van der Waals surface area contributed by atoms with Gasteiger partial charge in [0.15, 0.2) is 0 Å². The van der Waals surface area contributed by atoms with Crippen molar-refractivity contribution in [1.29, 1.82) is 0 Å². The molecular formula is C20H24FN3O2. The van der Waals surface area contributed by atoms with Crippen molar-refractivity contribution in [3.63, 3.8) is 0 Å². The monoisotopic (exact) mass is 357 g/mol. The van der Waals surface area contributed by atoms with Crippen molar-refractivity contribution in [2.75, 3.05) is 26.0 Å². The van der Waals surface area contributed by atoms with Crippen LogP contribution in [0.25, 0.3) is 0 Å². The first-order chi connectivity index (χ1) is 12.4. The number of hydrogen-bond donors (Lipinski definition) is 1. The number of benzene rings is 2. The number of rotatable bonds is 7. The first-order valence-corrected chi connectivity index (χ1v) is 8.41. The molecule has 6 heteroatoms. The SMILES string of the molecule is C[C@@H](C(=O)N(C)Cc1ccccc1)N(C)CC(=O)Nc1cccc(F)c1. The lowest BCUT2D eigenvalue weighted by Gasteiger charge is -2.27. The summed E-state index contributed by atoms with van der Waals surface area (Å²) in [6.07, 6.45) is 0. The third kappa shape index (κ3) is 5.67. The summed E-state index contributed by atoms with van der Waals surface area (Å²) in [5.74, 6) is -0.791. The van der Waals surface area contributed by atoms with Gasteiger partial charge in [0.05, 0.1) is 12.6 Å². The molecule has 0 unspecified atom stereocenters. The molecule has 0 saturated carbocycles. The molecule has 1 atom stereocenters. The van der Waals surface area contributed by atoms with E-state index in [0.29, 0.717) is 12.2 Å². The number of hydrogen-bond acceptors (Lipinski definition) is 3. The average Bonchev–Trinajstić information content (AvgIpc) is 2.61. The normalized spacial score (nSPS) is 11.9. The van der Waals surface area contributed by atoms with E-state index in [1.807, 2.05) is 30.3 Å². The molecule has 26 heavy (non-hydrogen) atoms. The molecule has 0 aliphatic carbocycles. The largest absolute Gasteiger partial charge is 0.340 e. The lowest BCUT2D eigenvalue weighted by Crippen LogP contribution is -2.46. The number of amides is 2. The summed E-state index contributed by atoms with van der Waals surface area (Å²) in [6, 6.07) is 15.0. The van der Waals surface area contributed by atoms with Gasteiger partial charge < -0.3 is 10.2 Å². The Balaban J connectivity index is 1.88. The van der Waals surface area contributed by atoms with Crippen LogP contribution in [0, 0.1) is 5.82 Å². The van der Waals surface area contributed by atoms with E-state index >= 15 is 0 Å². The Hall–Kier alpha value is -2.73. The minimum absolute atomic E-state index is 0.0304. The summed E-state index contributed by atoms with van der Waals surface area (Å²) in [5.41, 5.74) is 1.44. The number of halogens is 1. The minimum atomic E-state index is -0.457. The predicted molar refractivity (Wildman–Crippen MR) is 100 cm³/mol. The summed E-state index contributed by atoms with van der Waals surface area (Å²) in [6.45, 7) is 2.30. The molecule has 0 aliphatic rings. The molecule has 0 aliphatic heterocycles. The maximum Gasteiger partial charge on any atom is 0.239 e. The average molecular weight is 357 g/mol. The van der Waals surface area contributed by atoms with Crippen molar-refractivity contribution >= 4 is 17.5 Å². The second-order valence-electron chi connectivity index (χ2n) is 6.33. The fourth-order valence-electron chi connectivity index (χ4n) is 2.57. The molecular weight excluding hydrogens is 333 g/mol. The summed E-state index contributed by atoms with van der Waals surface area (Å²) in [4.78, 5) is 28.0. The van der Waals surface area contributed by atoms with Crippen molar-refractivity contribution in [3.05, 3.63) is 66.0 Å². The highest BCUT2D eigenvalue weighted by Gasteiger charge is 2.23. The zero-order valence-corrected chi connectivity index (χ0v) is 15.3. The van der Waals surface area contributed by atoms with Crippen LogP contribution in [0.15, 0.2) is 54.6 Å². The van der Waals surface area contributed by atoms with Gasteiger partial charge in [-0.2, -0.15) is 0 Å². The van der Waals surface area contributed by atoms with Crippen molar-refractivity contribution < 1.29 is 14.0 Å². The fourth-order valence-corrected chi connectivity index (χ4v) is 2.57. The second kappa shape index (κ2) is 9.10. The molecule has 0 heterocycles. The second-order valence-corrected chi connectivity index (χ2v) is 6.33. The highest BCUT2D eigenvalue weighted by molar-refractivity contribution is 5.92. The van der Waals surface area contributed by atoms with Crippen molar-refractivity contribution in [3.8, 4) is 0 Å². The van der Waals surface area contributed by atoms with E-state index in [1.54, 1.807) is 36.9 Å². The Morgan fingerprint density at radius 2 is 1.77 bits per heavy atom. The van der Waals surface area contributed by atoms with Crippen LogP contribution in [0.1, 0.15) is 12.5 Å². The Labute approximate surface area is 153 Å². The van der Waals surface area contributed by atoms with Gasteiger partial charge >= 0.3 is 0 Å². The topological polar surface area (TPSA) is 52.7 Å². The molecule has 0 fully saturated rings. The van der Waals surface area contributed by atoms with Gasteiger partial charge in [0.25, 0.3) is 0 Å². The zero-order chi connectivity index (χ0) is 19.1. The van der Waals surface area contributed by atoms with Gasteiger partial charge in [0.1, 0.15) is 5.82 Å². The number of carbonyl (C=O) groups is 2. The third-order valence-electron chi connectivity index (χ3n) is 4.16. The standard InChI is InChI=1S/C20H24FN3O2/c1-15(20(26)24(3)13-16-8-5-4-6-9-16)23(2)14-19(25)22-18-11-7-10-17(21)12-18/h4-12,15H,13-14H2,1-3H3,(H,22,25)/t15-/m0/s1. The highest BCUT2D eigenvalue weighted by atomic mass is 19.1. The zero-order valence-electron chi connectivity index (χ0n) is 15.3. The van der Waals surface area contributed by atoms with E-state index in [9.17, 15) is 14.0 Å². The molecule has 0 spiro atoms. The van der Waals surface area contributed by atoms with Gasteiger partial charge in [-0.1, -0.05) is 36.4 Å². The molecule has 0 radical (unpaired) electrons. The van der Waals surface area contributed by atoms with Crippen molar-refractivity contribution in [2.45, 2.75) is 19.5 Å². The van der Waals surface area contributed by atoms with E-state index in [0.717, 1.165) is 5.56 Å². The summed E-state index contributed by atoms with van der Waals surface area (Å²) >= 11 is 0. The van der Waals surface area contributed by atoms with Crippen LogP contribution >= 0.6 is 0 Å². The van der Waals surface area contributed by atoms with Gasteiger partial charge in [0.2, 0.25) is 11.8 Å².